The van der Waals surface area contributed by atoms with E-state index in [1.54, 1.807) is 6.92 Å². The van der Waals surface area contributed by atoms with Crippen LogP contribution in [0.15, 0.2) is 41.3 Å². The van der Waals surface area contributed by atoms with Gasteiger partial charge in [0.25, 0.3) is 0 Å². The van der Waals surface area contributed by atoms with E-state index in [9.17, 15) is 18.8 Å². The second kappa shape index (κ2) is 7.27. The van der Waals surface area contributed by atoms with Crippen molar-refractivity contribution in [2.75, 3.05) is 5.32 Å². The zero-order valence-corrected chi connectivity index (χ0v) is 13.7. The summed E-state index contributed by atoms with van der Waals surface area (Å²) in [5.41, 5.74) is 0.558. The molecule has 8 heteroatoms. The molecule has 1 unspecified atom stereocenters. The van der Waals surface area contributed by atoms with Crippen LogP contribution in [-0.4, -0.2) is 16.4 Å². The van der Waals surface area contributed by atoms with Crippen LogP contribution in [0.4, 0.5) is 10.1 Å². The van der Waals surface area contributed by atoms with E-state index in [-0.39, 0.29) is 10.6 Å². The van der Waals surface area contributed by atoms with E-state index in [0.29, 0.717) is 11.3 Å². The smallest absolute Gasteiger partial charge is 0.313 e. The van der Waals surface area contributed by atoms with Gasteiger partial charge >= 0.3 is 11.8 Å². The van der Waals surface area contributed by atoms with Gasteiger partial charge in [-0.05, 0) is 30.7 Å². The van der Waals surface area contributed by atoms with Gasteiger partial charge in [0.2, 0.25) is 5.56 Å². The average molecular weight is 352 g/mol. The Morgan fingerprint density at radius 2 is 1.92 bits per heavy atom. The molecule has 2 N–H and O–H groups in total. The molecule has 2 aromatic rings. The minimum atomic E-state index is -0.890. The Kier molecular flexibility index (Phi) is 5.35. The molecule has 0 aliphatic rings. The van der Waals surface area contributed by atoms with Crippen molar-refractivity contribution in [3.8, 4) is 0 Å². The van der Waals surface area contributed by atoms with E-state index < -0.39 is 23.7 Å². The lowest BCUT2D eigenvalue weighted by Crippen LogP contribution is -2.37. The molecule has 1 aromatic heterocycles. The molecule has 0 saturated heterocycles. The van der Waals surface area contributed by atoms with E-state index in [1.165, 1.54) is 42.1 Å². The number of benzene rings is 1. The molecule has 2 amide bonds. The van der Waals surface area contributed by atoms with Crippen LogP contribution in [0.3, 0.4) is 0 Å². The van der Waals surface area contributed by atoms with Gasteiger partial charge in [-0.15, -0.1) is 0 Å². The molecule has 0 saturated carbocycles. The number of hydrogen-bond donors (Lipinski definition) is 2. The first kappa shape index (κ1) is 17.7. The SMILES string of the molecule is CC(NC(=O)C(=O)Nc1ccc(=O)n(C)c1)c1ccc(F)cc1Cl. The molecule has 0 aliphatic heterocycles. The molecule has 0 spiro atoms. The number of hydrogen-bond acceptors (Lipinski definition) is 3. The third-order valence-corrected chi connectivity index (χ3v) is 3.65. The van der Waals surface area contributed by atoms with Gasteiger partial charge in [-0.2, -0.15) is 0 Å². The number of aromatic nitrogens is 1. The lowest BCUT2D eigenvalue weighted by molar-refractivity contribution is -0.136. The van der Waals surface area contributed by atoms with Crippen molar-refractivity contribution in [3.63, 3.8) is 0 Å². The molecular formula is C16H15ClFN3O3. The minimum absolute atomic E-state index is 0.154. The fourth-order valence-electron chi connectivity index (χ4n) is 2.05. The number of rotatable bonds is 3. The summed E-state index contributed by atoms with van der Waals surface area (Å²) in [6.45, 7) is 1.62. The summed E-state index contributed by atoms with van der Waals surface area (Å²) >= 11 is 5.93. The zero-order chi connectivity index (χ0) is 17.9. The van der Waals surface area contributed by atoms with Crippen LogP contribution in [0.5, 0.6) is 0 Å². The standard InChI is InChI=1S/C16H15ClFN3O3/c1-9(12-5-3-10(18)7-13(12)17)19-15(23)16(24)20-11-4-6-14(22)21(2)8-11/h3-9H,1-2H3,(H,19,23)(H,20,24). The first-order valence-electron chi connectivity index (χ1n) is 7.01. The summed E-state index contributed by atoms with van der Waals surface area (Å²) in [6, 6.07) is 5.87. The Bertz CT molecular complexity index is 851. The van der Waals surface area contributed by atoms with Gasteiger partial charge in [-0.1, -0.05) is 17.7 Å². The molecule has 2 rings (SSSR count). The third-order valence-electron chi connectivity index (χ3n) is 3.33. The number of carbonyl (C=O) groups is 2. The first-order chi connectivity index (χ1) is 11.3. The van der Waals surface area contributed by atoms with Gasteiger partial charge in [0.05, 0.1) is 11.7 Å². The molecule has 0 aliphatic carbocycles. The topological polar surface area (TPSA) is 80.2 Å². The van der Waals surface area contributed by atoms with Crippen molar-refractivity contribution in [2.24, 2.45) is 7.05 Å². The Morgan fingerprint density at radius 3 is 2.54 bits per heavy atom. The second-order valence-electron chi connectivity index (χ2n) is 5.18. The number of aryl methyl sites for hydroxylation is 1. The van der Waals surface area contributed by atoms with Crippen molar-refractivity contribution in [1.82, 2.24) is 9.88 Å². The molecule has 0 fully saturated rings. The lowest BCUT2D eigenvalue weighted by atomic mass is 10.1. The van der Waals surface area contributed by atoms with Crippen LogP contribution in [0, 0.1) is 5.82 Å². The van der Waals surface area contributed by atoms with Gasteiger partial charge in [0, 0.05) is 24.3 Å². The summed E-state index contributed by atoms with van der Waals surface area (Å²) in [5, 5.41) is 5.02. The van der Waals surface area contributed by atoms with Crippen molar-refractivity contribution in [2.45, 2.75) is 13.0 Å². The minimum Gasteiger partial charge on any atom is -0.341 e. The normalized spacial score (nSPS) is 11.7. The first-order valence-corrected chi connectivity index (χ1v) is 7.39. The molecular weight excluding hydrogens is 337 g/mol. The average Bonchev–Trinajstić information content (AvgIpc) is 2.50. The number of nitrogens with zero attached hydrogens (tertiary/aromatic N) is 1. The quantitative estimate of drug-likeness (QED) is 0.830. The highest BCUT2D eigenvalue weighted by Crippen LogP contribution is 2.23. The molecule has 1 aromatic carbocycles. The van der Waals surface area contributed by atoms with Crippen LogP contribution >= 0.6 is 11.6 Å². The van der Waals surface area contributed by atoms with Crippen LogP contribution in [0.1, 0.15) is 18.5 Å². The largest absolute Gasteiger partial charge is 0.341 e. The molecule has 24 heavy (non-hydrogen) atoms. The number of carbonyl (C=O) groups excluding carboxylic acids is 2. The van der Waals surface area contributed by atoms with Crippen molar-refractivity contribution in [1.29, 1.82) is 0 Å². The Labute approximate surface area is 142 Å². The summed E-state index contributed by atoms with van der Waals surface area (Å²) in [7, 11) is 1.52. The molecule has 1 atom stereocenters. The third kappa shape index (κ3) is 4.20. The van der Waals surface area contributed by atoms with Gasteiger partial charge in [0.15, 0.2) is 0 Å². The van der Waals surface area contributed by atoms with Crippen molar-refractivity contribution < 1.29 is 14.0 Å². The van der Waals surface area contributed by atoms with Crippen LogP contribution in [-0.2, 0) is 16.6 Å². The monoisotopic (exact) mass is 351 g/mol. The number of nitrogens with one attached hydrogen (secondary N) is 2. The number of pyridine rings is 1. The van der Waals surface area contributed by atoms with Gasteiger partial charge in [-0.25, -0.2) is 4.39 Å². The zero-order valence-electron chi connectivity index (χ0n) is 13.0. The van der Waals surface area contributed by atoms with Gasteiger partial charge in [-0.3, -0.25) is 14.4 Å². The fraction of sp³-hybridized carbons (Fsp3) is 0.188. The highest BCUT2D eigenvalue weighted by Gasteiger charge is 2.19. The van der Waals surface area contributed by atoms with Gasteiger partial charge < -0.3 is 15.2 Å². The number of anilines is 1. The fourth-order valence-corrected chi connectivity index (χ4v) is 2.38. The van der Waals surface area contributed by atoms with E-state index in [1.807, 2.05) is 0 Å². The van der Waals surface area contributed by atoms with Crippen LogP contribution < -0.4 is 16.2 Å². The Hall–Kier alpha value is -2.67. The number of amides is 2. The summed E-state index contributed by atoms with van der Waals surface area (Å²) in [5.74, 6) is -2.26. The van der Waals surface area contributed by atoms with Crippen LogP contribution in [0.25, 0.3) is 0 Å². The van der Waals surface area contributed by atoms with E-state index in [2.05, 4.69) is 10.6 Å². The van der Waals surface area contributed by atoms with E-state index in [4.69, 9.17) is 11.6 Å². The predicted molar refractivity (Wildman–Crippen MR) is 88.3 cm³/mol. The van der Waals surface area contributed by atoms with Crippen molar-refractivity contribution >= 4 is 29.1 Å². The highest BCUT2D eigenvalue weighted by atomic mass is 35.5. The maximum Gasteiger partial charge on any atom is 0.313 e. The predicted octanol–water partition coefficient (Wildman–Crippen LogP) is 1.99. The highest BCUT2D eigenvalue weighted by molar-refractivity contribution is 6.39. The van der Waals surface area contributed by atoms with Gasteiger partial charge in [0.1, 0.15) is 5.82 Å². The molecule has 126 valence electrons. The molecule has 0 bridgehead atoms. The number of halogens is 2. The maximum atomic E-state index is 13.0. The van der Waals surface area contributed by atoms with Crippen LogP contribution in [0.2, 0.25) is 5.02 Å². The maximum absolute atomic E-state index is 13.0. The second-order valence-corrected chi connectivity index (χ2v) is 5.59. The van der Waals surface area contributed by atoms with E-state index in [0.717, 1.165) is 6.07 Å². The molecule has 6 nitrogen and oxygen atoms in total. The van der Waals surface area contributed by atoms with E-state index >= 15 is 0 Å². The summed E-state index contributed by atoms with van der Waals surface area (Å²) in [6.07, 6.45) is 1.40. The molecule has 0 radical (unpaired) electrons. The Morgan fingerprint density at radius 1 is 1.21 bits per heavy atom. The molecule has 1 heterocycles. The van der Waals surface area contributed by atoms with Crippen molar-refractivity contribution in [3.05, 3.63) is 63.3 Å². The lowest BCUT2D eigenvalue weighted by Gasteiger charge is -2.15. The summed E-state index contributed by atoms with van der Waals surface area (Å²) < 4.78 is 14.3. The summed E-state index contributed by atoms with van der Waals surface area (Å²) in [4.78, 5) is 35.1. The Balaban J connectivity index is 2.04.